The summed E-state index contributed by atoms with van der Waals surface area (Å²) in [5.74, 6) is 0.782. The van der Waals surface area contributed by atoms with Gasteiger partial charge in [-0.1, -0.05) is 12.1 Å². The van der Waals surface area contributed by atoms with Crippen LogP contribution < -0.4 is 0 Å². The van der Waals surface area contributed by atoms with E-state index in [0.29, 0.717) is 18.5 Å². The van der Waals surface area contributed by atoms with Gasteiger partial charge in [0.1, 0.15) is 11.7 Å². The van der Waals surface area contributed by atoms with Gasteiger partial charge in [-0.25, -0.2) is 4.39 Å². The highest BCUT2D eigenvalue weighted by atomic mass is 35.5. The minimum atomic E-state index is -0.197. The lowest BCUT2D eigenvalue weighted by atomic mass is 9.91. The molecule has 0 saturated heterocycles. The van der Waals surface area contributed by atoms with E-state index in [9.17, 15) is 4.39 Å². The summed E-state index contributed by atoms with van der Waals surface area (Å²) >= 11 is 0. The number of aromatic nitrogens is 1. The molecule has 3 rings (SSSR count). The number of fused-ring (bicyclic) bond motifs is 1. The van der Waals surface area contributed by atoms with Crippen LogP contribution in [-0.2, 0) is 13.0 Å². The van der Waals surface area contributed by atoms with Crippen LogP contribution in [0.25, 0.3) is 11.1 Å². The molecule has 0 saturated carbocycles. The first-order chi connectivity index (χ1) is 9.66. The van der Waals surface area contributed by atoms with E-state index in [1.54, 1.807) is 12.4 Å². The minimum Gasteiger partial charge on any atom is -0.366 e. The minimum absolute atomic E-state index is 0. The standard InChI is InChI=1S/C16H16FN3.2ClH/c1-20(2)15-8-13-11(10-19-15)5-6-14(17)16(13)12-4-3-7-18-9-12;;/h3-7,9H,8,10H2,1-2H3;2*1H. The Balaban J connectivity index is 0.00000121. The number of benzene rings is 1. The summed E-state index contributed by atoms with van der Waals surface area (Å²) in [5.41, 5.74) is 3.60. The molecule has 0 aliphatic carbocycles. The third kappa shape index (κ3) is 3.39. The van der Waals surface area contributed by atoms with Crippen LogP contribution in [0.5, 0.6) is 0 Å². The summed E-state index contributed by atoms with van der Waals surface area (Å²) in [5, 5.41) is 0. The second kappa shape index (κ2) is 7.56. The summed E-state index contributed by atoms with van der Waals surface area (Å²) in [6.45, 7) is 0.608. The first-order valence-corrected chi connectivity index (χ1v) is 6.58. The lowest BCUT2D eigenvalue weighted by Crippen LogP contribution is -2.27. The van der Waals surface area contributed by atoms with Crippen molar-refractivity contribution in [1.29, 1.82) is 0 Å². The van der Waals surface area contributed by atoms with Crippen LogP contribution in [0, 0.1) is 5.82 Å². The molecule has 0 bridgehead atoms. The SMILES string of the molecule is CN(C)C1=NCc2ccc(F)c(-c3cccnc3)c2C1.Cl.Cl. The van der Waals surface area contributed by atoms with Crippen LogP contribution in [0.2, 0.25) is 0 Å². The van der Waals surface area contributed by atoms with Gasteiger partial charge in [-0.2, -0.15) is 0 Å². The molecule has 0 unspecified atom stereocenters. The Bertz CT molecular complexity index is 673. The molecule has 3 nitrogen and oxygen atoms in total. The summed E-state index contributed by atoms with van der Waals surface area (Å²) in [4.78, 5) is 10.6. The molecule has 6 heteroatoms. The monoisotopic (exact) mass is 341 g/mol. The summed E-state index contributed by atoms with van der Waals surface area (Å²) in [6, 6.07) is 7.09. The zero-order chi connectivity index (χ0) is 14.1. The van der Waals surface area contributed by atoms with Gasteiger partial charge in [0.2, 0.25) is 0 Å². The third-order valence-electron chi connectivity index (χ3n) is 3.59. The Morgan fingerprint density at radius 2 is 1.91 bits per heavy atom. The average molecular weight is 342 g/mol. The van der Waals surface area contributed by atoms with Crippen molar-refractivity contribution >= 4 is 30.6 Å². The molecule has 2 aromatic rings. The third-order valence-corrected chi connectivity index (χ3v) is 3.59. The highest BCUT2D eigenvalue weighted by molar-refractivity contribution is 5.88. The molecule has 1 aliphatic heterocycles. The predicted molar refractivity (Wildman–Crippen MR) is 92.7 cm³/mol. The predicted octanol–water partition coefficient (Wildman–Crippen LogP) is 3.75. The van der Waals surface area contributed by atoms with Gasteiger partial charge in [0, 0.05) is 44.0 Å². The quantitative estimate of drug-likeness (QED) is 0.790. The maximum atomic E-state index is 14.3. The van der Waals surface area contributed by atoms with Crippen LogP contribution in [0.15, 0.2) is 41.7 Å². The molecular formula is C16H18Cl2FN3. The molecule has 1 aliphatic rings. The number of rotatable bonds is 1. The van der Waals surface area contributed by atoms with Crippen LogP contribution >= 0.6 is 24.8 Å². The zero-order valence-corrected chi connectivity index (χ0v) is 14.0. The summed E-state index contributed by atoms with van der Waals surface area (Å²) in [7, 11) is 3.93. The number of hydrogen-bond acceptors (Lipinski definition) is 3. The van der Waals surface area contributed by atoms with Gasteiger partial charge in [0.25, 0.3) is 0 Å². The largest absolute Gasteiger partial charge is 0.366 e. The number of pyridine rings is 1. The Morgan fingerprint density at radius 1 is 1.14 bits per heavy atom. The van der Waals surface area contributed by atoms with Crippen molar-refractivity contribution in [3.05, 3.63) is 53.6 Å². The maximum Gasteiger partial charge on any atom is 0.131 e. The summed E-state index contributed by atoms with van der Waals surface area (Å²) in [6.07, 6.45) is 4.06. The molecule has 118 valence electrons. The van der Waals surface area contributed by atoms with Crippen LogP contribution in [0.3, 0.4) is 0 Å². The lowest BCUT2D eigenvalue weighted by molar-refractivity contribution is 0.596. The van der Waals surface area contributed by atoms with Crippen molar-refractivity contribution < 1.29 is 4.39 Å². The van der Waals surface area contributed by atoms with Crippen molar-refractivity contribution in [1.82, 2.24) is 9.88 Å². The van der Waals surface area contributed by atoms with Gasteiger partial charge >= 0.3 is 0 Å². The average Bonchev–Trinajstić information content (AvgIpc) is 2.47. The van der Waals surface area contributed by atoms with Gasteiger partial charge in [-0.15, -0.1) is 24.8 Å². The Morgan fingerprint density at radius 3 is 2.55 bits per heavy atom. The number of likely N-dealkylation sites (N-methyl/N-ethyl adjacent to an activating group) is 1. The molecule has 1 aromatic carbocycles. The van der Waals surface area contributed by atoms with E-state index in [4.69, 9.17) is 0 Å². The van der Waals surface area contributed by atoms with E-state index in [0.717, 1.165) is 22.5 Å². The molecule has 0 radical (unpaired) electrons. The van der Waals surface area contributed by atoms with Gasteiger partial charge in [-0.3, -0.25) is 9.98 Å². The first kappa shape index (κ1) is 18.4. The number of nitrogens with zero attached hydrogens (tertiary/aromatic N) is 3. The smallest absolute Gasteiger partial charge is 0.131 e. The Kier molecular flexibility index (Phi) is 6.33. The van der Waals surface area contributed by atoms with Crippen molar-refractivity contribution in [3.63, 3.8) is 0 Å². The second-order valence-electron chi connectivity index (χ2n) is 5.11. The lowest BCUT2D eigenvalue weighted by Gasteiger charge is -2.24. The van der Waals surface area contributed by atoms with E-state index in [2.05, 4.69) is 9.98 Å². The van der Waals surface area contributed by atoms with E-state index in [1.165, 1.54) is 6.07 Å². The molecule has 0 atom stereocenters. The molecule has 0 spiro atoms. The molecule has 0 amide bonds. The van der Waals surface area contributed by atoms with Crippen LogP contribution in [-0.4, -0.2) is 29.8 Å². The van der Waals surface area contributed by atoms with Gasteiger partial charge in [0.15, 0.2) is 0 Å². The molecular weight excluding hydrogens is 324 g/mol. The molecule has 2 heterocycles. The van der Waals surface area contributed by atoms with Crippen LogP contribution in [0.1, 0.15) is 11.1 Å². The summed E-state index contributed by atoms with van der Waals surface area (Å²) < 4.78 is 14.3. The molecule has 22 heavy (non-hydrogen) atoms. The number of amidine groups is 1. The van der Waals surface area contributed by atoms with E-state index >= 15 is 0 Å². The fourth-order valence-electron chi connectivity index (χ4n) is 2.53. The van der Waals surface area contributed by atoms with Crippen LogP contribution in [0.4, 0.5) is 4.39 Å². The van der Waals surface area contributed by atoms with E-state index < -0.39 is 0 Å². The number of aliphatic imine (C=N–C) groups is 1. The maximum absolute atomic E-state index is 14.3. The van der Waals surface area contributed by atoms with Gasteiger partial charge in [0.05, 0.1) is 6.54 Å². The fourth-order valence-corrected chi connectivity index (χ4v) is 2.53. The molecule has 0 N–H and O–H groups in total. The number of halogens is 3. The van der Waals surface area contributed by atoms with Crippen molar-refractivity contribution in [3.8, 4) is 11.1 Å². The Hall–Kier alpha value is -1.65. The van der Waals surface area contributed by atoms with Gasteiger partial charge < -0.3 is 4.90 Å². The second-order valence-corrected chi connectivity index (χ2v) is 5.11. The zero-order valence-electron chi connectivity index (χ0n) is 12.4. The van der Waals surface area contributed by atoms with Crippen molar-refractivity contribution in [2.45, 2.75) is 13.0 Å². The first-order valence-electron chi connectivity index (χ1n) is 6.58. The number of hydrogen-bond donors (Lipinski definition) is 0. The fraction of sp³-hybridized carbons (Fsp3) is 0.250. The normalized spacial score (nSPS) is 12.4. The Labute approximate surface area is 142 Å². The molecule has 1 aromatic heterocycles. The van der Waals surface area contributed by atoms with E-state index in [1.807, 2.05) is 37.2 Å². The highest BCUT2D eigenvalue weighted by Gasteiger charge is 2.20. The molecule has 0 fully saturated rings. The van der Waals surface area contributed by atoms with E-state index in [-0.39, 0.29) is 30.6 Å². The highest BCUT2D eigenvalue weighted by Crippen LogP contribution is 2.32. The van der Waals surface area contributed by atoms with Gasteiger partial charge in [-0.05, 0) is 23.3 Å². The van der Waals surface area contributed by atoms with Crippen molar-refractivity contribution in [2.24, 2.45) is 4.99 Å². The topological polar surface area (TPSA) is 28.5 Å². The van der Waals surface area contributed by atoms with Crippen molar-refractivity contribution in [2.75, 3.05) is 14.1 Å².